The molecule has 112 valence electrons. The number of hydrogen-bond acceptors (Lipinski definition) is 2. The molecule has 2 aromatic rings. The molecule has 0 radical (unpaired) electrons. The number of Topliss-reactive ketones (excluding diaryl/α,β-unsaturated/α-hetero) is 1. The Labute approximate surface area is 124 Å². The predicted molar refractivity (Wildman–Crippen MR) is 84.1 cm³/mol. The van der Waals surface area contributed by atoms with Crippen LogP contribution in [0.5, 0.6) is 0 Å². The van der Waals surface area contributed by atoms with E-state index in [4.69, 9.17) is 0 Å². The number of hydrogen-bond donors (Lipinski definition) is 2. The Morgan fingerprint density at radius 2 is 1.90 bits per heavy atom. The van der Waals surface area contributed by atoms with E-state index in [1.54, 1.807) is 13.8 Å². The molecule has 1 heterocycles. The van der Waals surface area contributed by atoms with Crippen molar-refractivity contribution in [2.24, 2.45) is 5.92 Å². The quantitative estimate of drug-likeness (QED) is 0.888. The second-order valence-electron chi connectivity index (χ2n) is 6.23. The third-order valence-corrected chi connectivity index (χ3v) is 3.62. The first kappa shape index (κ1) is 15.3. The van der Waals surface area contributed by atoms with E-state index in [2.05, 4.69) is 10.3 Å². The van der Waals surface area contributed by atoms with E-state index in [-0.39, 0.29) is 24.0 Å². The minimum Gasteiger partial charge on any atom is -0.361 e. The molecule has 0 saturated carbocycles. The minimum absolute atomic E-state index is 0.0368. The van der Waals surface area contributed by atoms with Crippen LogP contribution in [0.3, 0.4) is 0 Å². The molecule has 2 N–H and O–H groups in total. The first-order valence-electron chi connectivity index (χ1n) is 7.21. The van der Waals surface area contributed by atoms with Gasteiger partial charge in [0.15, 0.2) is 5.78 Å². The molecule has 0 bridgehead atoms. The van der Waals surface area contributed by atoms with Gasteiger partial charge in [0.2, 0.25) is 5.91 Å². The van der Waals surface area contributed by atoms with Crippen molar-refractivity contribution in [3.63, 3.8) is 0 Å². The lowest BCUT2D eigenvalue weighted by molar-refractivity contribution is -0.132. The lowest BCUT2D eigenvalue weighted by Gasteiger charge is -2.26. The number of H-pyrrole nitrogens is 1. The first-order chi connectivity index (χ1) is 9.81. The number of aromatic amines is 1. The molecule has 0 spiro atoms. The van der Waals surface area contributed by atoms with Crippen LogP contribution >= 0.6 is 0 Å². The monoisotopic (exact) mass is 286 g/mol. The summed E-state index contributed by atoms with van der Waals surface area (Å²) in [6, 6.07) is 7.86. The van der Waals surface area contributed by atoms with Gasteiger partial charge in [-0.3, -0.25) is 9.59 Å². The minimum atomic E-state index is -0.836. The first-order valence-corrected chi connectivity index (χ1v) is 7.21. The van der Waals surface area contributed by atoms with Crippen LogP contribution in [-0.2, 0) is 16.0 Å². The van der Waals surface area contributed by atoms with Crippen molar-refractivity contribution in [2.45, 2.75) is 39.7 Å². The van der Waals surface area contributed by atoms with Crippen LogP contribution in [0.1, 0.15) is 33.3 Å². The largest absolute Gasteiger partial charge is 0.361 e. The number of nitrogens with one attached hydrogen (secondary N) is 2. The van der Waals surface area contributed by atoms with Gasteiger partial charge in [-0.25, -0.2) is 0 Å². The van der Waals surface area contributed by atoms with Gasteiger partial charge < -0.3 is 10.3 Å². The SMILES string of the molecule is CC(C)C(=O)C(C)(C)NC(=O)Cc1c[nH]c2ccccc12. The van der Waals surface area contributed by atoms with E-state index < -0.39 is 5.54 Å². The number of rotatable bonds is 5. The van der Waals surface area contributed by atoms with Gasteiger partial charge in [-0.15, -0.1) is 0 Å². The van der Waals surface area contributed by atoms with Gasteiger partial charge in [0.05, 0.1) is 12.0 Å². The normalized spacial score (nSPS) is 11.9. The highest BCUT2D eigenvalue weighted by atomic mass is 16.2. The van der Waals surface area contributed by atoms with E-state index in [1.165, 1.54) is 0 Å². The molecule has 2 rings (SSSR count). The molecule has 0 aliphatic heterocycles. The molecule has 0 unspecified atom stereocenters. The van der Waals surface area contributed by atoms with Crippen molar-refractivity contribution in [2.75, 3.05) is 0 Å². The zero-order chi connectivity index (χ0) is 15.6. The van der Waals surface area contributed by atoms with Gasteiger partial charge in [0, 0.05) is 23.0 Å². The Bertz CT molecular complexity index is 668. The number of amides is 1. The Kier molecular flexibility index (Phi) is 4.16. The van der Waals surface area contributed by atoms with Gasteiger partial charge in [-0.1, -0.05) is 32.0 Å². The van der Waals surface area contributed by atoms with E-state index in [9.17, 15) is 9.59 Å². The average molecular weight is 286 g/mol. The summed E-state index contributed by atoms with van der Waals surface area (Å²) in [5, 5.41) is 3.88. The zero-order valence-electron chi connectivity index (χ0n) is 13.0. The second kappa shape index (κ2) is 5.72. The standard InChI is InChI=1S/C17H22N2O2/c1-11(2)16(21)17(3,4)19-15(20)9-12-10-18-14-8-6-5-7-13(12)14/h5-8,10-11,18H,9H2,1-4H3,(H,19,20). The Morgan fingerprint density at radius 3 is 2.57 bits per heavy atom. The molecule has 0 aliphatic carbocycles. The fourth-order valence-electron chi connectivity index (χ4n) is 2.63. The Morgan fingerprint density at radius 1 is 1.24 bits per heavy atom. The molecular weight excluding hydrogens is 264 g/mol. The highest BCUT2D eigenvalue weighted by molar-refractivity contribution is 5.95. The van der Waals surface area contributed by atoms with E-state index in [0.717, 1.165) is 16.5 Å². The fourth-order valence-corrected chi connectivity index (χ4v) is 2.63. The molecule has 21 heavy (non-hydrogen) atoms. The smallest absolute Gasteiger partial charge is 0.225 e. The third kappa shape index (κ3) is 3.32. The van der Waals surface area contributed by atoms with Gasteiger partial charge in [0.25, 0.3) is 0 Å². The molecule has 1 aromatic carbocycles. The molecule has 1 amide bonds. The van der Waals surface area contributed by atoms with Crippen molar-refractivity contribution in [1.29, 1.82) is 0 Å². The van der Waals surface area contributed by atoms with Crippen LogP contribution in [0.4, 0.5) is 0 Å². The number of aromatic nitrogens is 1. The lowest BCUT2D eigenvalue weighted by Crippen LogP contribution is -2.51. The lowest BCUT2D eigenvalue weighted by atomic mass is 9.90. The number of fused-ring (bicyclic) bond motifs is 1. The van der Waals surface area contributed by atoms with Crippen LogP contribution in [0.25, 0.3) is 10.9 Å². The van der Waals surface area contributed by atoms with Gasteiger partial charge in [-0.2, -0.15) is 0 Å². The summed E-state index contributed by atoms with van der Waals surface area (Å²) in [4.78, 5) is 27.5. The predicted octanol–water partition coefficient (Wildman–Crippen LogP) is 2.83. The van der Waals surface area contributed by atoms with Crippen molar-refractivity contribution >= 4 is 22.6 Å². The van der Waals surface area contributed by atoms with Gasteiger partial charge in [0.1, 0.15) is 0 Å². The average Bonchev–Trinajstić information content (AvgIpc) is 2.80. The summed E-state index contributed by atoms with van der Waals surface area (Å²) in [6.07, 6.45) is 2.11. The third-order valence-electron chi connectivity index (χ3n) is 3.62. The highest BCUT2D eigenvalue weighted by Gasteiger charge is 2.31. The van der Waals surface area contributed by atoms with Crippen LogP contribution in [0, 0.1) is 5.92 Å². The molecule has 0 saturated heterocycles. The molecule has 0 aliphatic rings. The maximum absolute atomic E-state index is 12.2. The molecular formula is C17H22N2O2. The van der Waals surface area contributed by atoms with Crippen molar-refractivity contribution in [3.8, 4) is 0 Å². The van der Waals surface area contributed by atoms with E-state index in [0.29, 0.717) is 0 Å². The summed E-state index contributed by atoms with van der Waals surface area (Å²) in [6.45, 7) is 7.19. The van der Waals surface area contributed by atoms with Gasteiger partial charge in [-0.05, 0) is 25.5 Å². The van der Waals surface area contributed by atoms with Crippen LogP contribution in [-0.4, -0.2) is 22.2 Å². The second-order valence-corrected chi connectivity index (χ2v) is 6.23. The van der Waals surface area contributed by atoms with Crippen molar-refractivity contribution in [1.82, 2.24) is 10.3 Å². The Balaban J connectivity index is 2.10. The summed E-state index contributed by atoms with van der Waals surface area (Å²) in [5.74, 6) is -0.207. The van der Waals surface area contributed by atoms with Crippen molar-refractivity contribution in [3.05, 3.63) is 36.0 Å². The van der Waals surface area contributed by atoms with Crippen LogP contribution in [0.15, 0.2) is 30.5 Å². The molecule has 4 nitrogen and oxygen atoms in total. The zero-order valence-corrected chi connectivity index (χ0v) is 13.0. The molecule has 4 heteroatoms. The summed E-state index contributed by atoms with van der Waals surface area (Å²) in [5.41, 5.74) is 1.12. The summed E-state index contributed by atoms with van der Waals surface area (Å²) >= 11 is 0. The van der Waals surface area contributed by atoms with Crippen molar-refractivity contribution < 1.29 is 9.59 Å². The van der Waals surface area contributed by atoms with E-state index >= 15 is 0 Å². The fraction of sp³-hybridized carbons (Fsp3) is 0.412. The molecule has 1 aromatic heterocycles. The van der Waals surface area contributed by atoms with E-state index in [1.807, 2.05) is 44.3 Å². The number of benzene rings is 1. The van der Waals surface area contributed by atoms with Crippen LogP contribution in [0.2, 0.25) is 0 Å². The summed E-state index contributed by atoms with van der Waals surface area (Å²) in [7, 11) is 0. The summed E-state index contributed by atoms with van der Waals surface area (Å²) < 4.78 is 0. The van der Waals surface area contributed by atoms with Crippen LogP contribution < -0.4 is 5.32 Å². The number of carbonyl (C=O) groups is 2. The number of carbonyl (C=O) groups excluding carboxylic acids is 2. The maximum atomic E-state index is 12.2. The maximum Gasteiger partial charge on any atom is 0.225 e. The Hall–Kier alpha value is -2.10. The molecule has 0 atom stereocenters. The number of para-hydroxylation sites is 1. The highest BCUT2D eigenvalue weighted by Crippen LogP contribution is 2.18. The number of ketones is 1. The van der Waals surface area contributed by atoms with Gasteiger partial charge >= 0.3 is 0 Å². The topological polar surface area (TPSA) is 62.0 Å². The molecule has 0 fully saturated rings.